The Bertz CT molecular complexity index is 1150. The fourth-order valence-electron chi connectivity index (χ4n) is 4.87. The fourth-order valence-corrected chi connectivity index (χ4v) is 5.32. The molecule has 5 nitrogen and oxygen atoms in total. The van der Waals surface area contributed by atoms with Gasteiger partial charge in [0.2, 0.25) is 0 Å². The van der Waals surface area contributed by atoms with Crippen LogP contribution in [0.5, 0.6) is 0 Å². The second-order valence-corrected chi connectivity index (χ2v) is 9.72. The van der Waals surface area contributed by atoms with E-state index < -0.39 is 50.9 Å². The van der Waals surface area contributed by atoms with Crippen molar-refractivity contribution >= 4 is 16.1 Å². The average molecular weight is 476 g/mol. The predicted molar refractivity (Wildman–Crippen MR) is 102 cm³/mol. The summed E-state index contributed by atoms with van der Waals surface area (Å²) >= 11 is 0. The zero-order valence-corrected chi connectivity index (χ0v) is 17.3. The van der Waals surface area contributed by atoms with Gasteiger partial charge in [0, 0.05) is 11.8 Å². The van der Waals surface area contributed by atoms with Gasteiger partial charge < -0.3 is 4.74 Å². The normalized spacial score (nSPS) is 25.6. The van der Waals surface area contributed by atoms with E-state index in [1.54, 1.807) is 36.4 Å². The van der Waals surface area contributed by atoms with Crippen molar-refractivity contribution in [1.82, 2.24) is 0 Å². The molecule has 3 aliphatic rings. The molecule has 0 aliphatic heterocycles. The third-order valence-electron chi connectivity index (χ3n) is 6.27. The molecule has 172 valence electrons. The van der Waals surface area contributed by atoms with Crippen LogP contribution in [0.2, 0.25) is 0 Å². The Morgan fingerprint density at radius 1 is 1.00 bits per heavy atom. The third-order valence-corrected chi connectivity index (χ3v) is 7.17. The Morgan fingerprint density at radius 3 is 1.84 bits per heavy atom. The van der Waals surface area contributed by atoms with Crippen LogP contribution >= 0.6 is 0 Å². The maximum Gasteiger partial charge on any atom is 0.432 e. The number of hydrogen-bond donors (Lipinski definition) is 1. The number of ether oxygens (including phenoxy) is 1. The molecule has 0 saturated carbocycles. The van der Waals surface area contributed by atoms with Gasteiger partial charge in [0.15, 0.2) is 0 Å². The van der Waals surface area contributed by atoms with Crippen LogP contribution in [-0.4, -0.2) is 36.5 Å². The molecule has 0 radical (unpaired) electrons. The van der Waals surface area contributed by atoms with Crippen LogP contribution in [0.3, 0.4) is 0 Å². The van der Waals surface area contributed by atoms with Crippen molar-refractivity contribution in [2.75, 3.05) is 0 Å². The highest BCUT2D eigenvalue weighted by Crippen LogP contribution is 2.61. The van der Waals surface area contributed by atoms with Gasteiger partial charge in [-0.1, -0.05) is 48.5 Å². The Balaban J connectivity index is 1.80. The van der Waals surface area contributed by atoms with Crippen LogP contribution < -0.4 is 0 Å². The summed E-state index contributed by atoms with van der Waals surface area (Å²) in [5.74, 6) is -2.81. The zero-order chi connectivity index (χ0) is 23.7. The van der Waals surface area contributed by atoms with Gasteiger partial charge in [-0.15, -0.1) is 0 Å². The van der Waals surface area contributed by atoms with E-state index in [9.17, 15) is 35.2 Å². The van der Waals surface area contributed by atoms with Crippen LogP contribution in [0, 0.1) is 5.41 Å². The van der Waals surface area contributed by atoms with Gasteiger partial charge in [-0.25, -0.2) is 0 Å². The van der Waals surface area contributed by atoms with Crippen LogP contribution in [0.4, 0.5) is 22.0 Å². The zero-order valence-electron chi connectivity index (χ0n) is 16.4. The molecule has 5 rings (SSSR count). The van der Waals surface area contributed by atoms with Gasteiger partial charge in [-0.05, 0) is 35.6 Å². The molecule has 0 heterocycles. The van der Waals surface area contributed by atoms with Crippen LogP contribution in [0.25, 0.3) is 0 Å². The SMILES string of the molecule is CC1(C(=O)OC(C(F)(F)F)C(F)(F)S(=O)(=O)O)CC2c3ccccc3C1c1ccccc12. The lowest BCUT2D eigenvalue weighted by atomic mass is 9.53. The average Bonchev–Trinajstić information content (AvgIpc) is 2.70. The lowest BCUT2D eigenvalue weighted by Crippen LogP contribution is -2.55. The molecular formula is C21H17F5O5S. The molecule has 0 spiro atoms. The molecule has 3 aliphatic carbocycles. The fraction of sp³-hybridized carbons (Fsp3) is 0.381. The molecule has 0 aromatic heterocycles. The number of rotatable bonds is 4. The first-order chi connectivity index (χ1) is 14.7. The Morgan fingerprint density at radius 2 is 1.44 bits per heavy atom. The summed E-state index contributed by atoms with van der Waals surface area (Å²) < 4.78 is 103. The molecule has 2 unspecified atom stereocenters. The van der Waals surface area contributed by atoms with Crippen molar-refractivity contribution in [3.05, 3.63) is 70.8 Å². The standard InChI is InChI=1S/C21H17F5O5S/c1-19(18(27)31-17(20(22,23)24)21(25,26)32(28,29)30)10-15-11-6-2-4-8-13(11)16(19)14-9-5-3-7-12(14)15/h2-9,15-17H,10H2,1H3,(H,28,29,30). The monoisotopic (exact) mass is 476 g/mol. The lowest BCUT2D eigenvalue weighted by molar-refractivity contribution is -0.263. The number of carbonyl (C=O) groups is 1. The van der Waals surface area contributed by atoms with Crippen molar-refractivity contribution in [3.8, 4) is 0 Å². The molecule has 0 fully saturated rings. The highest BCUT2D eigenvalue weighted by Gasteiger charge is 2.67. The maximum atomic E-state index is 14.0. The summed E-state index contributed by atoms with van der Waals surface area (Å²) in [6.45, 7) is 1.32. The summed E-state index contributed by atoms with van der Waals surface area (Å²) in [7, 11) is -6.52. The molecular weight excluding hydrogens is 459 g/mol. The molecule has 11 heteroatoms. The molecule has 2 atom stereocenters. The van der Waals surface area contributed by atoms with E-state index in [4.69, 9.17) is 4.55 Å². The van der Waals surface area contributed by atoms with Crippen molar-refractivity contribution in [3.63, 3.8) is 0 Å². The largest absolute Gasteiger partial charge is 0.444 e. The molecule has 32 heavy (non-hydrogen) atoms. The van der Waals surface area contributed by atoms with Crippen molar-refractivity contribution in [2.24, 2.45) is 5.41 Å². The number of esters is 1. The van der Waals surface area contributed by atoms with E-state index in [2.05, 4.69) is 4.74 Å². The molecule has 2 aromatic carbocycles. The van der Waals surface area contributed by atoms with E-state index in [1.807, 2.05) is 12.1 Å². The van der Waals surface area contributed by atoms with Crippen LogP contribution in [-0.2, 0) is 19.6 Å². The Labute approximate surface area is 179 Å². The first kappa shape index (κ1) is 22.7. The molecule has 0 saturated heterocycles. The van der Waals surface area contributed by atoms with E-state index in [0.717, 1.165) is 11.1 Å². The second kappa shape index (κ2) is 6.98. The molecule has 1 N–H and O–H groups in total. The van der Waals surface area contributed by atoms with E-state index in [-0.39, 0.29) is 6.42 Å². The summed E-state index contributed by atoms with van der Waals surface area (Å²) in [4.78, 5) is 13.0. The number of hydrogen-bond acceptors (Lipinski definition) is 4. The first-order valence-electron chi connectivity index (χ1n) is 9.50. The van der Waals surface area contributed by atoms with Gasteiger partial charge >= 0.3 is 27.5 Å². The number of halogens is 5. The quantitative estimate of drug-likeness (QED) is 0.396. The molecule has 2 aromatic rings. The van der Waals surface area contributed by atoms with E-state index in [0.29, 0.717) is 11.1 Å². The number of benzene rings is 2. The van der Waals surface area contributed by atoms with Crippen LogP contribution in [0.1, 0.15) is 47.4 Å². The lowest BCUT2D eigenvalue weighted by Gasteiger charge is -2.50. The minimum atomic E-state index is -6.52. The van der Waals surface area contributed by atoms with Crippen molar-refractivity contribution in [1.29, 1.82) is 0 Å². The van der Waals surface area contributed by atoms with Crippen molar-refractivity contribution in [2.45, 2.75) is 42.7 Å². The van der Waals surface area contributed by atoms with Crippen molar-refractivity contribution < 1.29 is 44.5 Å². The molecule has 2 bridgehead atoms. The van der Waals surface area contributed by atoms with Gasteiger partial charge in [0.25, 0.3) is 6.10 Å². The highest BCUT2D eigenvalue weighted by atomic mass is 32.2. The topological polar surface area (TPSA) is 80.7 Å². The smallest absolute Gasteiger partial charge is 0.432 e. The third kappa shape index (κ3) is 3.21. The summed E-state index contributed by atoms with van der Waals surface area (Å²) in [6, 6.07) is 14.0. The van der Waals surface area contributed by atoms with E-state index in [1.165, 1.54) is 6.92 Å². The number of alkyl halides is 5. The first-order valence-corrected chi connectivity index (χ1v) is 10.9. The van der Waals surface area contributed by atoms with Gasteiger partial charge in [0.1, 0.15) is 0 Å². The second-order valence-electron chi connectivity index (χ2n) is 8.23. The Kier molecular flexibility index (Phi) is 4.94. The minimum absolute atomic E-state index is 0.0213. The van der Waals surface area contributed by atoms with E-state index >= 15 is 0 Å². The summed E-state index contributed by atoms with van der Waals surface area (Å²) in [5.41, 5.74) is 1.37. The highest BCUT2D eigenvalue weighted by molar-refractivity contribution is 7.86. The summed E-state index contributed by atoms with van der Waals surface area (Å²) in [6.07, 6.45) is -10.3. The van der Waals surface area contributed by atoms with Crippen LogP contribution in [0.15, 0.2) is 48.5 Å². The predicted octanol–water partition coefficient (Wildman–Crippen LogP) is 4.63. The van der Waals surface area contributed by atoms with Gasteiger partial charge in [-0.3, -0.25) is 9.35 Å². The number of carbonyl (C=O) groups excluding carboxylic acids is 1. The Hall–Kier alpha value is -2.53. The van der Waals surface area contributed by atoms with Gasteiger partial charge in [-0.2, -0.15) is 30.4 Å². The molecule has 0 amide bonds. The number of fused-ring (bicyclic) bond motifs is 1. The van der Waals surface area contributed by atoms with Gasteiger partial charge in [0.05, 0.1) is 5.41 Å². The summed E-state index contributed by atoms with van der Waals surface area (Å²) in [5, 5.41) is -5.78. The minimum Gasteiger partial charge on any atom is -0.444 e. The maximum absolute atomic E-state index is 14.0.